The maximum atomic E-state index is 13.1. The van der Waals surface area contributed by atoms with E-state index >= 15 is 0 Å². The molecule has 2 unspecified atom stereocenters. The number of aliphatic imine (C=N–C) groups is 2. The Morgan fingerprint density at radius 3 is 1.20 bits per heavy atom. The van der Waals surface area contributed by atoms with Crippen molar-refractivity contribution in [3.63, 3.8) is 0 Å². The summed E-state index contributed by atoms with van der Waals surface area (Å²) >= 11 is 0. The van der Waals surface area contributed by atoms with Gasteiger partial charge in [-0.05, 0) is 46.9 Å². The first-order valence-corrected chi connectivity index (χ1v) is 23.5. The minimum atomic E-state index is -6.09. The molecule has 2 aromatic carbocycles. The Labute approximate surface area is 390 Å². The molecule has 17 nitrogen and oxygen atoms in total. The van der Waals surface area contributed by atoms with Crippen LogP contribution in [0.1, 0.15) is 25.0 Å². The summed E-state index contributed by atoms with van der Waals surface area (Å²) in [5.41, 5.74) is -9.18. The summed E-state index contributed by atoms with van der Waals surface area (Å²) in [4.78, 5) is 17.7. The van der Waals surface area contributed by atoms with Crippen LogP contribution in [0.25, 0.3) is 0 Å². The molecule has 5 rings (SSSR count). The molecule has 0 saturated carbocycles. The Morgan fingerprint density at radius 2 is 0.985 bits per heavy atom. The van der Waals surface area contributed by atoms with Crippen LogP contribution >= 0.6 is 0 Å². The van der Waals surface area contributed by atoms with Gasteiger partial charge in [0, 0.05) is 74.6 Å². The van der Waals surface area contributed by atoms with E-state index in [-0.39, 0.29) is 64.2 Å². The van der Waals surface area contributed by atoms with Crippen molar-refractivity contribution >= 4 is 65.8 Å². The molecule has 346 valence electrons. The van der Waals surface area contributed by atoms with Crippen molar-refractivity contribution in [3.8, 4) is 35.8 Å². The first-order chi connectivity index (χ1) is 29.6. The molecule has 3 heterocycles. The van der Waals surface area contributed by atoms with E-state index in [0.29, 0.717) is 11.1 Å². The molecule has 2 aliphatic heterocycles. The fourth-order valence-electron chi connectivity index (χ4n) is 4.47. The van der Waals surface area contributed by atoms with Gasteiger partial charge in [-0.2, -0.15) is 47.4 Å². The van der Waals surface area contributed by atoms with E-state index < -0.39 is 31.3 Å². The number of rotatable bonds is 4. The third kappa shape index (κ3) is 20.1. The molecule has 28 heteroatoms. The minimum Gasteiger partial charge on any atom is -0.869 e. The minimum absolute atomic E-state index is 0. The molecule has 1 aromatic heterocycles. The van der Waals surface area contributed by atoms with Crippen molar-refractivity contribution in [2.45, 2.75) is 34.7 Å². The van der Waals surface area contributed by atoms with Gasteiger partial charge in [0.1, 0.15) is 36.2 Å². The van der Waals surface area contributed by atoms with Crippen LogP contribution in [0.2, 0.25) is 0 Å². The number of hydrogen-bond acceptors (Lipinski definition) is 17. The van der Waals surface area contributed by atoms with Crippen LogP contribution in [0.4, 0.5) is 37.7 Å². The van der Waals surface area contributed by atoms with E-state index in [1.807, 2.05) is 56.6 Å². The van der Waals surface area contributed by atoms with Crippen molar-refractivity contribution in [2.24, 2.45) is 9.98 Å². The summed E-state index contributed by atoms with van der Waals surface area (Å²) in [6.45, 7) is 4.66. The standard InChI is InChI=1S/C26H26N6O2S2.C5H5N.2C2H3N.2CHF3O3S.Zn/c1-31-9-11-35(3)25-21(31)7-5-17(23(25)33)15-29-19(13-27)20(14-28)30-16-18-6-8-22-26(24(18)34)36(4)12-10-32(22)2;1-2-4-6-5-3-1;2*1-2-3;2*2-1(3,4)8(5,6)7;/h5-8,15-16H,9-12H2,1-4H3;1-5H;2*1H3;2*(H,5,6,7);/q;;;;;;+2/p-2/b20-19-;;;;;;. The molecule has 0 spiro atoms. The van der Waals surface area contributed by atoms with Crippen LogP contribution < -0.4 is 20.0 Å². The Balaban J connectivity index is 0. The fourth-order valence-corrected chi connectivity index (χ4v) is 8.01. The number of benzene rings is 2. The van der Waals surface area contributed by atoms with Gasteiger partial charge >= 0.3 is 30.5 Å². The van der Waals surface area contributed by atoms with Crippen LogP contribution in [0, 0.1) is 45.3 Å². The molecular weight excluding hydrogens is 1010 g/mol. The number of halogens is 6. The van der Waals surface area contributed by atoms with Crippen molar-refractivity contribution in [1.29, 1.82) is 21.0 Å². The summed E-state index contributed by atoms with van der Waals surface area (Å²) in [7, 11) is -8.59. The molecule has 0 saturated heterocycles. The molecule has 2 atom stereocenters. The third-order valence-electron chi connectivity index (χ3n) is 7.46. The topological polar surface area (TPSA) is 300 Å². The van der Waals surface area contributed by atoms with E-state index in [1.54, 1.807) is 36.7 Å². The van der Waals surface area contributed by atoms with Gasteiger partial charge in [-0.1, -0.05) is 18.2 Å². The first-order valence-electron chi connectivity index (χ1n) is 17.1. The number of aromatic nitrogens is 1. The third-order valence-corrected chi connectivity index (χ3v) is 12.4. The monoisotopic (exact) mass is 1040 g/mol. The summed E-state index contributed by atoms with van der Waals surface area (Å²) in [5.74, 6) is 1.60. The normalized spacial score (nSPS) is 15.5. The van der Waals surface area contributed by atoms with Gasteiger partial charge in [0.2, 0.25) is 0 Å². The van der Waals surface area contributed by atoms with E-state index in [9.17, 15) is 47.1 Å². The van der Waals surface area contributed by atoms with Crippen molar-refractivity contribution in [2.75, 3.05) is 61.0 Å². The van der Waals surface area contributed by atoms with Crippen molar-refractivity contribution in [1.82, 2.24) is 4.98 Å². The molecule has 0 N–H and O–H groups in total. The second-order valence-corrected chi connectivity index (χ2v) is 18.8. The Morgan fingerprint density at radius 1 is 0.692 bits per heavy atom. The molecule has 3 aromatic rings. The van der Waals surface area contributed by atoms with Gasteiger partial charge in [0.25, 0.3) is 0 Å². The van der Waals surface area contributed by atoms with Gasteiger partial charge in [-0.15, -0.1) is 0 Å². The summed E-state index contributed by atoms with van der Waals surface area (Å²) in [6, 6.07) is 20.1. The number of nitriles is 4. The maximum absolute atomic E-state index is 13.1. The number of pyridine rings is 1. The van der Waals surface area contributed by atoms with Crippen LogP contribution in [0.5, 0.6) is 11.5 Å². The van der Waals surface area contributed by atoms with E-state index in [0.717, 1.165) is 45.8 Å². The zero-order chi connectivity index (χ0) is 49.6. The molecule has 0 aliphatic carbocycles. The zero-order valence-corrected chi connectivity index (χ0v) is 41.3. The van der Waals surface area contributed by atoms with Gasteiger partial charge < -0.3 is 29.1 Å². The average molecular weight is 1040 g/mol. The Kier molecular flexibility index (Phi) is 27.0. The molecule has 0 fully saturated rings. The van der Waals surface area contributed by atoms with Crippen LogP contribution in [0.15, 0.2) is 86.0 Å². The second-order valence-electron chi connectivity index (χ2n) is 11.9. The van der Waals surface area contributed by atoms with Crippen molar-refractivity contribution in [3.05, 3.63) is 77.4 Å². The smallest absolute Gasteiger partial charge is 0.869 e. The molecule has 0 amide bonds. The van der Waals surface area contributed by atoms with E-state index in [4.69, 9.17) is 36.5 Å². The van der Waals surface area contributed by atoms with E-state index in [2.05, 4.69) is 37.3 Å². The fraction of sp³-hybridized carbons (Fsp3) is 0.324. The second kappa shape index (κ2) is 28.5. The molecule has 0 radical (unpaired) electrons. The summed E-state index contributed by atoms with van der Waals surface area (Å²) < 4.78 is 118. The average Bonchev–Trinajstić information content (AvgIpc) is 3.20. The predicted molar refractivity (Wildman–Crippen MR) is 223 cm³/mol. The number of fused-ring (bicyclic) bond motifs is 2. The van der Waals surface area contributed by atoms with E-state index in [1.165, 1.54) is 26.3 Å². The summed E-state index contributed by atoms with van der Waals surface area (Å²) in [5, 5.41) is 60.0. The SMILES string of the molecule is CC#N.CC#N.CN1CC[S+](C)c2c1ccc(C=N/C(C#N)=C(/C#N)N=Cc1ccc3c(c1[O-])[S+](C)CCN3C)c2[O-].O=S(=O)([O-])C(F)(F)F.O=S(=O)([O-])C(F)(F)F.[Zn+2].c1ccncc1. The molecule has 0 bridgehead atoms. The Hall–Kier alpha value is -5.45. The van der Waals surface area contributed by atoms with Gasteiger partial charge in [-0.25, -0.2) is 26.8 Å². The first kappa shape index (κ1) is 61.6. The number of allylic oxidation sites excluding steroid dienone is 2. The molecule has 65 heavy (non-hydrogen) atoms. The quantitative estimate of drug-likeness (QED) is 0.0679. The number of nitrogens with zero attached hydrogens (tertiary/aromatic N) is 9. The maximum Gasteiger partial charge on any atom is 2.00 e. The van der Waals surface area contributed by atoms with Gasteiger partial charge in [-0.3, -0.25) is 4.98 Å². The zero-order valence-electron chi connectivity index (χ0n) is 35.1. The van der Waals surface area contributed by atoms with Crippen LogP contribution in [-0.2, 0) is 61.5 Å². The number of hydrogen-bond donors (Lipinski definition) is 0. The van der Waals surface area contributed by atoms with Gasteiger partial charge in [0.05, 0.1) is 36.6 Å². The largest absolute Gasteiger partial charge is 2.00 e. The molecular formula is C37H37F6N9O8S4Zn. The van der Waals surface area contributed by atoms with Crippen molar-refractivity contribution < 1.29 is 82.0 Å². The van der Waals surface area contributed by atoms with Gasteiger partial charge in [0.15, 0.2) is 41.4 Å². The molecule has 2 aliphatic rings. The van der Waals surface area contributed by atoms with Crippen LogP contribution in [0.3, 0.4) is 0 Å². The Bertz CT molecular complexity index is 2340. The number of anilines is 2. The van der Waals surface area contributed by atoms with Crippen LogP contribution in [-0.4, -0.2) is 106 Å². The summed E-state index contributed by atoms with van der Waals surface area (Å²) in [6.07, 6.45) is 10.2. The predicted octanol–water partition coefficient (Wildman–Crippen LogP) is 3.99. The number of alkyl halides is 6.